The normalized spacial score (nSPS) is 15.5. The molecule has 3 rings (SSSR count). The Morgan fingerprint density at radius 3 is 2.74 bits per heavy atom. The van der Waals surface area contributed by atoms with Crippen molar-refractivity contribution in [1.82, 2.24) is 14.5 Å². The summed E-state index contributed by atoms with van der Waals surface area (Å²) in [6.45, 7) is 6.67. The van der Waals surface area contributed by atoms with Crippen LogP contribution in [0, 0.1) is 0 Å². The molecule has 0 saturated heterocycles. The molecule has 0 radical (unpaired) electrons. The lowest BCUT2D eigenvalue weighted by Gasteiger charge is -2.23. The predicted octanol–water partition coefficient (Wildman–Crippen LogP) is 1.45. The highest BCUT2D eigenvalue weighted by molar-refractivity contribution is 5.94. The number of ether oxygens (including phenoxy) is 1. The number of carbonyl (C=O) groups is 1. The second kappa shape index (κ2) is 6.12. The van der Waals surface area contributed by atoms with Gasteiger partial charge in [0.1, 0.15) is 5.82 Å². The zero-order chi connectivity index (χ0) is 16.6. The smallest absolute Gasteiger partial charge is 0.337 e. The molecule has 2 aromatic rings. The summed E-state index contributed by atoms with van der Waals surface area (Å²) in [6.07, 6.45) is 0.752. The summed E-state index contributed by atoms with van der Waals surface area (Å²) in [6, 6.07) is 5.39. The van der Waals surface area contributed by atoms with Crippen LogP contribution in [0.25, 0.3) is 10.9 Å². The van der Waals surface area contributed by atoms with E-state index >= 15 is 0 Å². The quantitative estimate of drug-likeness (QED) is 0.785. The van der Waals surface area contributed by atoms with Crippen molar-refractivity contribution in [3.8, 4) is 0 Å². The van der Waals surface area contributed by atoms with Gasteiger partial charge in [0.2, 0.25) is 0 Å². The molecule has 0 atom stereocenters. The van der Waals surface area contributed by atoms with Crippen LogP contribution in [0.4, 0.5) is 0 Å². The molecule has 1 aliphatic heterocycles. The molecule has 0 bridgehead atoms. The van der Waals surface area contributed by atoms with Gasteiger partial charge in [-0.25, -0.2) is 9.78 Å². The Morgan fingerprint density at radius 1 is 1.26 bits per heavy atom. The van der Waals surface area contributed by atoms with Gasteiger partial charge in [0.15, 0.2) is 0 Å². The van der Waals surface area contributed by atoms with E-state index in [9.17, 15) is 9.59 Å². The Bertz CT molecular complexity index is 811. The minimum Gasteiger partial charge on any atom is -0.465 e. The van der Waals surface area contributed by atoms with Crippen LogP contribution in [0.2, 0.25) is 0 Å². The molecule has 0 spiro atoms. The SMILES string of the molecule is COC(=O)c1ccc2nc3n(c(=O)c2c1)CCN(C(C)C)CC3. The second-order valence-electron chi connectivity index (χ2n) is 6.09. The number of hydrogen-bond donors (Lipinski definition) is 0. The predicted molar refractivity (Wildman–Crippen MR) is 87.8 cm³/mol. The van der Waals surface area contributed by atoms with Crippen molar-refractivity contribution in [2.45, 2.75) is 32.9 Å². The fourth-order valence-corrected chi connectivity index (χ4v) is 3.03. The van der Waals surface area contributed by atoms with Crippen molar-refractivity contribution in [3.63, 3.8) is 0 Å². The van der Waals surface area contributed by atoms with Gasteiger partial charge in [0, 0.05) is 32.1 Å². The van der Waals surface area contributed by atoms with Gasteiger partial charge in [0.25, 0.3) is 5.56 Å². The van der Waals surface area contributed by atoms with Crippen molar-refractivity contribution in [3.05, 3.63) is 39.9 Å². The molecule has 0 aliphatic carbocycles. The highest BCUT2D eigenvalue weighted by atomic mass is 16.5. The zero-order valence-electron chi connectivity index (χ0n) is 13.7. The number of esters is 1. The third-order valence-corrected chi connectivity index (χ3v) is 4.42. The first kappa shape index (κ1) is 15.7. The first-order valence-corrected chi connectivity index (χ1v) is 7.87. The molecular weight excluding hydrogens is 294 g/mol. The van der Waals surface area contributed by atoms with E-state index in [4.69, 9.17) is 4.74 Å². The number of aromatic nitrogens is 2. The fraction of sp³-hybridized carbons (Fsp3) is 0.471. The Hall–Kier alpha value is -2.21. The van der Waals surface area contributed by atoms with Crippen LogP contribution in [0.15, 0.2) is 23.0 Å². The van der Waals surface area contributed by atoms with Crippen molar-refractivity contribution >= 4 is 16.9 Å². The molecule has 6 nitrogen and oxygen atoms in total. The molecule has 0 N–H and O–H groups in total. The summed E-state index contributed by atoms with van der Waals surface area (Å²) in [5.74, 6) is 0.369. The average Bonchev–Trinajstić information content (AvgIpc) is 2.77. The van der Waals surface area contributed by atoms with Crippen LogP contribution < -0.4 is 5.56 Å². The van der Waals surface area contributed by atoms with Gasteiger partial charge in [-0.15, -0.1) is 0 Å². The molecule has 1 aromatic carbocycles. The lowest BCUT2D eigenvalue weighted by molar-refractivity contribution is 0.0601. The minimum atomic E-state index is -0.447. The van der Waals surface area contributed by atoms with Crippen LogP contribution in [0.3, 0.4) is 0 Å². The Labute approximate surface area is 134 Å². The van der Waals surface area contributed by atoms with E-state index in [-0.39, 0.29) is 5.56 Å². The van der Waals surface area contributed by atoms with Crippen molar-refractivity contribution in [2.75, 3.05) is 20.2 Å². The monoisotopic (exact) mass is 315 g/mol. The Balaban J connectivity index is 2.09. The van der Waals surface area contributed by atoms with Gasteiger partial charge in [0.05, 0.1) is 23.6 Å². The second-order valence-corrected chi connectivity index (χ2v) is 6.09. The van der Waals surface area contributed by atoms with Crippen LogP contribution in [0.5, 0.6) is 0 Å². The van der Waals surface area contributed by atoms with Crippen molar-refractivity contribution in [1.29, 1.82) is 0 Å². The van der Waals surface area contributed by atoms with Crippen molar-refractivity contribution in [2.24, 2.45) is 0 Å². The first-order chi connectivity index (χ1) is 11.0. The summed E-state index contributed by atoms with van der Waals surface area (Å²) in [5, 5.41) is 0.467. The first-order valence-electron chi connectivity index (χ1n) is 7.87. The van der Waals surface area contributed by atoms with E-state index in [2.05, 4.69) is 23.7 Å². The summed E-state index contributed by atoms with van der Waals surface area (Å²) in [7, 11) is 1.33. The molecular formula is C17H21N3O3. The number of fused-ring (bicyclic) bond motifs is 2. The third-order valence-electron chi connectivity index (χ3n) is 4.42. The fourth-order valence-electron chi connectivity index (χ4n) is 3.03. The van der Waals surface area contributed by atoms with Gasteiger partial charge in [-0.3, -0.25) is 14.3 Å². The van der Waals surface area contributed by atoms with Gasteiger partial charge < -0.3 is 4.74 Å². The third kappa shape index (κ3) is 2.86. The highest BCUT2D eigenvalue weighted by Crippen LogP contribution is 2.15. The number of methoxy groups -OCH3 is 1. The molecule has 6 heteroatoms. The standard InChI is InChI=1S/C17H21N3O3/c1-11(2)19-7-6-15-18-14-5-4-12(17(22)23-3)10-13(14)16(21)20(15)9-8-19/h4-5,10-11H,6-9H2,1-3H3. The number of hydrogen-bond acceptors (Lipinski definition) is 5. The van der Waals surface area contributed by atoms with Gasteiger partial charge in [-0.05, 0) is 32.0 Å². The maximum absolute atomic E-state index is 12.8. The average molecular weight is 315 g/mol. The molecule has 2 heterocycles. The maximum atomic E-state index is 12.8. The lowest BCUT2D eigenvalue weighted by atomic mass is 10.1. The van der Waals surface area contributed by atoms with Crippen LogP contribution in [0.1, 0.15) is 30.0 Å². The molecule has 122 valence electrons. The van der Waals surface area contributed by atoms with Crippen LogP contribution >= 0.6 is 0 Å². The summed E-state index contributed by atoms with van der Waals surface area (Å²) in [4.78, 5) is 31.5. The molecule has 0 saturated carbocycles. The molecule has 0 fully saturated rings. The van der Waals surface area contributed by atoms with E-state index in [0.717, 1.165) is 25.3 Å². The molecule has 1 aliphatic rings. The van der Waals surface area contributed by atoms with Crippen LogP contribution in [-0.2, 0) is 17.7 Å². The maximum Gasteiger partial charge on any atom is 0.337 e. The van der Waals surface area contributed by atoms with Gasteiger partial charge >= 0.3 is 5.97 Å². The molecule has 23 heavy (non-hydrogen) atoms. The van der Waals surface area contributed by atoms with Gasteiger partial charge in [-0.2, -0.15) is 0 Å². The highest BCUT2D eigenvalue weighted by Gasteiger charge is 2.19. The van der Waals surface area contributed by atoms with E-state index < -0.39 is 5.97 Å². The Kier molecular flexibility index (Phi) is 4.17. The molecule has 0 amide bonds. The summed E-state index contributed by atoms with van der Waals surface area (Å²) in [5.41, 5.74) is 0.921. The van der Waals surface area contributed by atoms with E-state index in [1.165, 1.54) is 7.11 Å². The largest absolute Gasteiger partial charge is 0.465 e. The van der Waals surface area contributed by atoms with E-state index in [1.54, 1.807) is 22.8 Å². The van der Waals surface area contributed by atoms with Gasteiger partial charge in [-0.1, -0.05) is 0 Å². The van der Waals surface area contributed by atoms with E-state index in [1.807, 2.05) is 0 Å². The number of rotatable bonds is 2. The van der Waals surface area contributed by atoms with E-state index in [0.29, 0.717) is 29.1 Å². The number of benzene rings is 1. The van der Waals surface area contributed by atoms with Crippen molar-refractivity contribution < 1.29 is 9.53 Å². The molecule has 1 aromatic heterocycles. The Morgan fingerprint density at radius 2 is 2.04 bits per heavy atom. The summed E-state index contributed by atoms with van der Waals surface area (Å²) < 4.78 is 6.47. The molecule has 0 unspecified atom stereocenters. The minimum absolute atomic E-state index is 0.0821. The lowest BCUT2D eigenvalue weighted by Crippen LogP contribution is -2.34. The topological polar surface area (TPSA) is 64.4 Å². The zero-order valence-corrected chi connectivity index (χ0v) is 13.7. The summed E-state index contributed by atoms with van der Waals surface area (Å²) >= 11 is 0. The van der Waals surface area contributed by atoms with Crippen LogP contribution in [-0.4, -0.2) is 46.7 Å². The number of nitrogens with zero attached hydrogens (tertiary/aromatic N) is 3. The number of carbonyl (C=O) groups excluding carboxylic acids is 1.